The number of piperidine rings is 1. The summed E-state index contributed by atoms with van der Waals surface area (Å²) in [5.74, 6) is 0.0167. The smallest absolute Gasteiger partial charge is 0.342 e. The third-order valence-corrected chi connectivity index (χ3v) is 4.03. The first kappa shape index (κ1) is 17.8. The van der Waals surface area contributed by atoms with Gasteiger partial charge in [0.1, 0.15) is 12.2 Å². The van der Waals surface area contributed by atoms with E-state index in [4.69, 9.17) is 0 Å². The van der Waals surface area contributed by atoms with Crippen molar-refractivity contribution in [2.75, 3.05) is 33.7 Å². The summed E-state index contributed by atoms with van der Waals surface area (Å²) in [4.78, 5) is 19.6. The van der Waals surface area contributed by atoms with Crippen molar-refractivity contribution in [3.8, 4) is 0 Å². The molecule has 2 rings (SSSR count). The summed E-state index contributed by atoms with van der Waals surface area (Å²) in [5, 5.41) is 0. The van der Waals surface area contributed by atoms with E-state index >= 15 is 0 Å². The lowest BCUT2D eigenvalue weighted by atomic mass is 9.96. The van der Waals surface area contributed by atoms with E-state index in [1.54, 1.807) is 6.20 Å². The van der Waals surface area contributed by atoms with E-state index in [2.05, 4.69) is 9.88 Å². The third kappa shape index (κ3) is 5.23. The summed E-state index contributed by atoms with van der Waals surface area (Å²) in [6.45, 7) is 2.33. The molecule has 2 heterocycles. The van der Waals surface area contributed by atoms with Crippen molar-refractivity contribution in [1.29, 1.82) is 0 Å². The molecule has 0 bridgehead atoms. The second-order valence-electron chi connectivity index (χ2n) is 6.25. The van der Waals surface area contributed by atoms with Gasteiger partial charge in [0.05, 0.1) is 0 Å². The van der Waals surface area contributed by atoms with Crippen molar-refractivity contribution in [3.63, 3.8) is 0 Å². The highest BCUT2D eigenvalue weighted by Gasteiger charge is 2.35. The van der Waals surface area contributed by atoms with E-state index in [9.17, 15) is 18.0 Å². The molecule has 8 heteroatoms. The molecule has 0 saturated carbocycles. The van der Waals surface area contributed by atoms with Gasteiger partial charge in [-0.3, -0.25) is 4.79 Å². The fourth-order valence-corrected chi connectivity index (χ4v) is 2.88. The molecule has 0 N–H and O–H groups in total. The molecule has 1 atom stereocenters. The van der Waals surface area contributed by atoms with Crippen molar-refractivity contribution in [1.82, 2.24) is 19.4 Å². The molecule has 0 radical (unpaired) electrons. The first-order valence-corrected chi connectivity index (χ1v) is 7.76. The molecule has 0 aromatic carbocycles. The van der Waals surface area contributed by atoms with Crippen molar-refractivity contribution in [3.05, 3.63) is 18.2 Å². The highest BCUT2D eigenvalue weighted by atomic mass is 19.4. The Hall–Kier alpha value is -1.57. The number of halogens is 3. The molecule has 1 amide bonds. The van der Waals surface area contributed by atoms with Crippen LogP contribution in [0.2, 0.25) is 0 Å². The van der Waals surface area contributed by atoms with E-state index in [0.29, 0.717) is 19.5 Å². The Morgan fingerprint density at radius 2 is 2.17 bits per heavy atom. The third-order valence-electron chi connectivity index (χ3n) is 4.03. The maximum Gasteiger partial charge on any atom is 0.397 e. The molecular formula is C15H23F3N4O. The van der Waals surface area contributed by atoms with Crippen LogP contribution in [0.4, 0.5) is 13.2 Å². The van der Waals surface area contributed by atoms with E-state index < -0.39 is 18.5 Å². The number of carbonyl (C=O) groups excluding carboxylic acids is 1. The number of aromatic nitrogens is 2. The van der Waals surface area contributed by atoms with Crippen molar-refractivity contribution < 1.29 is 18.0 Å². The highest BCUT2D eigenvalue weighted by Crippen LogP contribution is 2.28. The number of alkyl halides is 3. The van der Waals surface area contributed by atoms with Crippen LogP contribution < -0.4 is 0 Å². The lowest BCUT2D eigenvalue weighted by molar-refractivity contribution is -0.162. The van der Waals surface area contributed by atoms with Gasteiger partial charge in [-0.15, -0.1) is 0 Å². The minimum atomic E-state index is -4.45. The number of likely N-dealkylation sites (tertiary alicyclic amines) is 1. The predicted octanol–water partition coefficient (Wildman–Crippen LogP) is 2.10. The molecule has 1 aromatic rings. The molecule has 5 nitrogen and oxygen atoms in total. The Morgan fingerprint density at radius 3 is 2.83 bits per heavy atom. The second kappa shape index (κ2) is 7.33. The van der Waals surface area contributed by atoms with Gasteiger partial charge in [-0.1, -0.05) is 0 Å². The zero-order valence-electron chi connectivity index (χ0n) is 13.5. The second-order valence-corrected chi connectivity index (χ2v) is 6.25. The fourth-order valence-electron chi connectivity index (χ4n) is 2.88. The standard InChI is InChI=1S/C15H23F3N4O/c1-20(2)8-9-21-7-5-19-14(21)12-4-3-6-22(11-12)13(23)10-15(16,17)18/h5,7,12H,3-4,6,8-11H2,1-2H3/t12-/m1/s1. The molecule has 1 saturated heterocycles. The Kier molecular flexibility index (Phi) is 5.67. The first-order valence-electron chi connectivity index (χ1n) is 7.76. The van der Waals surface area contributed by atoms with Gasteiger partial charge in [-0.05, 0) is 26.9 Å². The Balaban J connectivity index is 2.01. The zero-order chi connectivity index (χ0) is 17.0. The van der Waals surface area contributed by atoms with Crippen molar-refractivity contribution >= 4 is 5.91 Å². The first-order chi connectivity index (χ1) is 10.8. The predicted molar refractivity (Wildman–Crippen MR) is 80.0 cm³/mol. The highest BCUT2D eigenvalue weighted by molar-refractivity contribution is 5.77. The van der Waals surface area contributed by atoms with E-state index in [1.807, 2.05) is 24.9 Å². The summed E-state index contributed by atoms with van der Waals surface area (Å²) in [6, 6.07) is 0. The number of imidazole rings is 1. The van der Waals surface area contributed by atoms with Gasteiger partial charge in [-0.25, -0.2) is 4.98 Å². The molecule has 1 aliphatic heterocycles. The number of amides is 1. The Morgan fingerprint density at radius 1 is 1.43 bits per heavy atom. The van der Waals surface area contributed by atoms with Crippen LogP contribution >= 0.6 is 0 Å². The van der Waals surface area contributed by atoms with Gasteiger partial charge in [0.25, 0.3) is 0 Å². The Labute approximate surface area is 134 Å². The van der Waals surface area contributed by atoms with Crippen LogP contribution in [-0.4, -0.2) is 65.2 Å². The number of nitrogens with zero attached hydrogens (tertiary/aromatic N) is 4. The molecule has 23 heavy (non-hydrogen) atoms. The van der Waals surface area contributed by atoms with Gasteiger partial charge < -0.3 is 14.4 Å². The number of hydrogen-bond donors (Lipinski definition) is 0. The monoisotopic (exact) mass is 332 g/mol. The van der Waals surface area contributed by atoms with Crippen LogP contribution in [0.5, 0.6) is 0 Å². The number of rotatable bonds is 5. The van der Waals surface area contributed by atoms with Gasteiger partial charge in [-0.2, -0.15) is 13.2 Å². The summed E-state index contributed by atoms with van der Waals surface area (Å²) < 4.78 is 39.2. The summed E-state index contributed by atoms with van der Waals surface area (Å²) in [7, 11) is 3.96. The largest absolute Gasteiger partial charge is 0.397 e. The summed E-state index contributed by atoms with van der Waals surface area (Å²) in [5.41, 5.74) is 0. The zero-order valence-corrected chi connectivity index (χ0v) is 13.5. The SMILES string of the molecule is CN(C)CCn1ccnc1[C@@H]1CCCN(C(=O)CC(F)(F)F)C1. The summed E-state index contributed by atoms with van der Waals surface area (Å²) >= 11 is 0. The Bertz CT molecular complexity index is 527. The lowest BCUT2D eigenvalue weighted by Crippen LogP contribution is -2.41. The minimum Gasteiger partial charge on any atom is -0.342 e. The van der Waals surface area contributed by atoms with Gasteiger partial charge in [0.15, 0.2) is 0 Å². The molecule has 1 aliphatic rings. The van der Waals surface area contributed by atoms with Crippen LogP contribution in [0, 0.1) is 0 Å². The van der Waals surface area contributed by atoms with Gasteiger partial charge >= 0.3 is 6.18 Å². The van der Waals surface area contributed by atoms with Crippen molar-refractivity contribution in [2.45, 2.75) is 37.9 Å². The maximum atomic E-state index is 12.4. The fraction of sp³-hybridized carbons (Fsp3) is 0.733. The van der Waals surface area contributed by atoms with Gasteiger partial charge in [0.2, 0.25) is 5.91 Å². The molecule has 0 aliphatic carbocycles. The van der Waals surface area contributed by atoms with E-state index in [-0.39, 0.29) is 5.92 Å². The number of likely N-dealkylation sites (N-methyl/N-ethyl adjacent to an activating group) is 1. The van der Waals surface area contributed by atoms with Gasteiger partial charge in [0, 0.05) is 44.5 Å². The quantitative estimate of drug-likeness (QED) is 0.829. The lowest BCUT2D eigenvalue weighted by Gasteiger charge is -2.33. The van der Waals surface area contributed by atoms with Crippen LogP contribution in [0.3, 0.4) is 0 Å². The summed E-state index contributed by atoms with van der Waals surface area (Å²) in [6.07, 6.45) is -0.691. The average Bonchev–Trinajstić information content (AvgIpc) is 2.92. The van der Waals surface area contributed by atoms with Crippen LogP contribution in [0.1, 0.15) is 31.0 Å². The molecule has 0 unspecified atom stereocenters. The topological polar surface area (TPSA) is 41.4 Å². The van der Waals surface area contributed by atoms with Crippen LogP contribution in [0.15, 0.2) is 12.4 Å². The normalized spacial score (nSPS) is 19.4. The number of carbonyl (C=O) groups is 1. The van der Waals surface area contributed by atoms with Crippen LogP contribution in [-0.2, 0) is 11.3 Å². The number of hydrogen-bond acceptors (Lipinski definition) is 3. The average molecular weight is 332 g/mol. The molecule has 130 valence electrons. The van der Waals surface area contributed by atoms with E-state index in [1.165, 1.54) is 4.90 Å². The van der Waals surface area contributed by atoms with Crippen molar-refractivity contribution in [2.24, 2.45) is 0 Å². The van der Waals surface area contributed by atoms with E-state index in [0.717, 1.165) is 25.3 Å². The molecule has 0 spiro atoms. The minimum absolute atomic E-state index is 0.00176. The molecule has 1 aromatic heterocycles. The molecular weight excluding hydrogens is 309 g/mol. The molecule has 1 fully saturated rings. The maximum absolute atomic E-state index is 12.4. The van der Waals surface area contributed by atoms with Crippen LogP contribution in [0.25, 0.3) is 0 Å².